The van der Waals surface area contributed by atoms with Crippen LogP contribution >= 0.6 is 0 Å². The standard InChI is InChI=1S/C15H9F2NO2/c16-9-4-5-12-8(6-9)7-13(20-12)15(19)10-2-1-3-11(17)14(10)18/h1-7H,18H2. The van der Waals surface area contributed by atoms with Crippen LogP contribution in [0.4, 0.5) is 14.5 Å². The summed E-state index contributed by atoms with van der Waals surface area (Å²) in [6.45, 7) is 0. The van der Waals surface area contributed by atoms with Crippen LogP contribution in [0.1, 0.15) is 16.1 Å². The van der Waals surface area contributed by atoms with Gasteiger partial charge in [0.05, 0.1) is 11.3 Å². The molecule has 0 aliphatic rings. The number of nitrogens with two attached hydrogens (primary N) is 1. The van der Waals surface area contributed by atoms with Crippen molar-refractivity contribution in [2.45, 2.75) is 0 Å². The number of carbonyl (C=O) groups excluding carboxylic acids is 1. The van der Waals surface area contributed by atoms with Crippen LogP contribution < -0.4 is 5.73 Å². The van der Waals surface area contributed by atoms with E-state index in [0.717, 1.165) is 0 Å². The Morgan fingerprint density at radius 2 is 1.90 bits per heavy atom. The van der Waals surface area contributed by atoms with E-state index in [-0.39, 0.29) is 17.0 Å². The Hall–Kier alpha value is -2.69. The molecule has 3 nitrogen and oxygen atoms in total. The van der Waals surface area contributed by atoms with Gasteiger partial charge in [-0.1, -0.05) is 6.07 Å². The molecule has 100 valence electrons. The quantitative estimate of drug-likeness (QED) is 0.574. The molecule has 0 unspecified atom stereocenters. The molecule has 0 bridgehead atoms. The van der Waals surface area contributed by atoms with Crippen LogP contribution in [-0.2, 0) is 0 Å². The number of hydrogen-bond donors (Lipinski definition) is 1. The summed E-state index contributed by atoms with van der Waals surface area (Å²) >= 11 is 0. The summed E-state index contributed by atoms with van der Waals surface area (Å²) in [4.78, 5) is 12.2. The Bertz CT molecular complexity index is 824. The highest BCUT2D eigenvalue weighted by molar-refractivity contribution is 6.11. The van der Waals surface area contributed by atoms with Crippen molar-refractivity contribution in [3.8, 4) is 0 Å². The molecule has 1 aromatic heterocycles. The molecule has 0 aliphatic heterocycles. The summed E-state index contributed by atoms with van der Waals surface area (Å²) in [5, 5.41) is 0.461. The van der Waals surface area contributed by atoms with Gasteiger partial charge in [0.1, 0.15) is 17.2 Å². The topological polar surface area (TPSA) is 56.2 Å². The SMILES string of the molecule is Nc1c(F)cccc1C(=O)c1cc2cc(F)ccc2o1. The first-order valence-electron chi connectivity index (χ1n) is 5.84. The number of furan rings is 1. The van der Waals surface area contributed by atoms with Gasteiger partial charge in [-0.15, -0.1) is 0 Å². The van der Waals surface area contributed by atoms with E-state index in [1.807, 2.05) is 0 Å². The van der Waals surface area contributed by atoms with Crippen molar-refractivity contribution in [3.63, 3.8) is 0 Å². The monoisotopic (exact) mass is 273 g/mol. The van der Waals surface area contributed by atoms with Crippen molar-refractivity contribution < 1.29 is 18.0 Å². The molecule has 0 fully saturated rings. The third-order valence-corrected chi connectivity index (χ3v) is 3.00. The predicted molar refractivity (Wildman–Crippen MR) is 70.4 cm³/mol. The molecule has 3 aromatic rings. The van der Waals surface area contributed by atoms with Crippen molar-refractivity contribution in [2.75, 3.05) is 5.73 Å². The number of hydrogen-bond acceptors (Lipinski definition) is 3. The second-order valence-corrected chi connectivity index (χ2v) is 4.32. The number of rotatable bonds is 2. The molecular formula is C15H9F2NO2. The maximum absolute atomic E-state index is 13.4. The Labute approximate surface area is 112 Å². The Morgan fingerprint density at radius 1 is 1.10 bits per heavy atom. The highest BCUT2D eigenvalue weighted by Crippen LogP contribution is 2.25. The molecule has 0 saturated heterocycles. The zero-order valence-electron chi connectivity index (χ0n) is 10.2. The van der Waals surface area contributed by atoms with Crippen LogP contribution in [0.15, 0.2) is 46.9 Å². The number of anilines is 1. The minimum atomic E-state index is -0.669. The van der Waals surface area contributed by atoms with Crippen LogP contribution in [-0.4, -0.2) is 5.78 Å². The number of carbonyl (C=O) groups is 1. The zero-order valence-corrected chi connectivity index (χ0v) is 10.2. The fourth-order valence-corrected chi connectivity index (χ4v) is 1.99. The number of halogens is 2. The average Bonchev–Trinajstić information content (AvgIpc) is 2.84. The molecule has 20 heavy (non-hydrogen) atoms. The molecule has 0 spiro atoms. The van der Waals surface area contributed by atoms with Gasteiger partial charge in [-0.3, -0.25) is 4.79 Å². The maximum atomic E-state index is 13.4. The summed E-state index contributed by atoms with van der Waals surface area (Å²) in [5.41, 5.74) is 5.71. The van der Waals surface area contributed by atoms with E-state index in [1.165, 1.54) is 42.5 Å². The molecule has 0 aliphatic carbocycles. The van der Waals surface area contributed by atoms with Gasteiger partial charge in [-0.05, 0) is 36.4 Å². The van der Waals surface area contributed by atoms with E-state index in [4.69, 9.17) is 10.2 Å². The van der Waals surface area contributed by atoms with Crippen molar-refractivity contribution in [2.24, 2.45) is 0 Å². The Balaban J connectivity index is 2.10. The Kier molecular flexibility index (Phi) is 2.75. The van der Waals surface area contributed by atoms with Gasteiger partial charge in [0.25, 0.3) is 0 Å². The lowest BCUT2D eigenvalue weighted by atomic mass is 10.1. The molecule has 1 heterocycles. The van der Waals surface area contributed by atoms with Gasteiger partial charge in [0, 0.05) is 5.39 Å². The normalized spacial score (nSPS) is 10.9. The second kappa shape index (κ2) is 4.45. The van der Waals surface area contributed by atoms with Gasteiger partial charge in [-0.25, -0.2) is 8.78 Å². The van der Waals surface area contributed by atoms with Crippen LogP contribution in [0, 0.1) is 11.6 Å². The number of benzene rings is 2. The van der Waals surface area contributed by atoms with E-state index in [9.17, 15) is 13.6 Å². The molecular weight excluding hydrogens is 264 g/mol. The zero-order chi connectivity index (χ0) is 14.3. The van der Waals surface area contributed by atoms with Crippen LogP contribution in [0.2, 0.25) is 0 Å². The maximum Gasteiger partial charge on any atom is 0.230 e. The third kappa shape index (κ3) is 1.93. The van der Waals surface area contributed by atoms with Crippen LogP contribution in [0.5, 0.6) is 0 Å². The first-order chi connectivity index (χ1) is 9.56. The highest BCUT2D eigenvalue weighted by atomic mass is 19.1. The van der Waals surface area contributed by atoms with E-state index >= 15 is 0 Å². The van der Waals surface area contributed by atoms with Crippen molar-refractivity contribution >= 4 is 22.4 Å². The largest absolute Gasteiger partial charge is 0.453 e. The summed E-state index contributed by atoms with van der Waals surface area (Å²) < 4.78 is 31.8. The van der Waals surface area contributed by atoms with Gasteiger partial charge in [0.2, 0.25) is 5.78 Å². The van der Waals surface area contributed by atoms with Gasteiger partial charge >= 0.3 is 0 Å². The minimum absolute atomic E-state index is 0.0112. The first kappa shape index (κ1) is 12.3. The fourth-order valence-electron chi connectivity index (χ4n) is 1.99. The lowest BCUT2D eigenvalue weighted by Crippen LogP contribution is -2.05. The predicted octanol–water partition coefficient (Wildman–Crippen LogP) is 3.52. The smallest absolute Gasteiger partial charge is 0.230 e. The molecule has 2 N–H and O–H groups in total. The number of nitrogen functional groups attached to an aromatic ring is 1. The molecule has 0 amide bonds. The third-order valence-electron chi connectivity index (χ3n) is 3.00. The minimum Gasteiger partial charge on any atom is -0.453 e. The summed E-state index contributed by atoms with van der Waals surface area (Å²) in [5.74, 6) is -1.65. The molecule has 0 atom stereocenters. The molecule has 0 radical (unpaired) electrons. The van der Waals surface area contributed by atoms with E-state index < -0.39 is 17.4 Å². The lowest BCUT2D eigenvalue weighted by molar-refractivity contribution is 0.101. The van der Waals surface area contributed by atoms with E-state index in [1.54, 1.807) is 0 Å². The number of para-hydroxylation sites is 1. The molecule has 5 heteroatoms. The highest BCUT2D eigenvalue weighted by Gasteiger charge is 2.18. The first-order valence-corrected chi connectivity index (χ1v) is 5.84. The summed E-state index contributed by atoms with van der Waals surface area (Å²) in [7, 11) is 0. The molecule has 0 saturated carbocycles. The number of ketones is 1. The lowest BCUT2D eigenvalue weighted by Gasteiger charge is -2.02. The average molecular weight is 273 g/mol. The molecule has 2 aromatic carbocycles. The van der Waals surface area contributed by atoms with Crippen molar-refractivity contribution in [1.29, 1.82) is 0 Å². The van der Waals surface area contributed by atoms with Gasteiger partial charge < -0.3 is 10.2 Å². The van der Waals surface area contributed by atoms with Crippen LogP contribution in [0.3, 0.4) is 0 Å². The van der Waals surface area contributed by atoms with Gasteiger partial charge in [-0.2, -0.15) is 0 Å². The number of fused-ring (bicyclic) bond motifs is 1. The van der Waals surface area contributed by atoms with Crippen molar-refractivity contribution in [1.82, 2.24) is 0 Å². The fraction of sp³-hybridized carbons (Fsp3) is 0. The summed E-state index contributed by atoms with van der Waals surface area (Å²) in [6, 6.07) is 9.29. The van der Waals surface area contributed by atoms with Crippen LogP contribution in [0.25, 0.3) is 11.0 Å². The summed E-state index contributed by atoms with van der Waals surface area (Å²) in [6.07, 6.45) is 0. The van der Waals surface area contributed by atoms with Crippen molar-refractivity contribution in [3.05, 3.63) is 65.4 Å². The second-order valence-electron chi connectivity index (χ2n) is 4.32. The van der Waals surface area contributed by atoms with E-state index in [0.29, 0.717) is 11.0 Å². The van der Waals surface area contributed by atoms with E-state index in [2.05, 4.69) is 0 Å². The van der Waals surface area contributed by atoms with Gasteiger partial charge in [0.15, 0.2) is 5.76 Å². The Morgan fingerprint density at radius 3 is 2.70 bits per heavy atom. The molecule has 3 rings (SSSR count).